The Balaban J connectivity index is 2.61. The number of rotatable bonds is 0. The maximum absolute atomic E-state index is 11.2. The Morgan fingerprint density at radius 2 is 1.80 bits per heavy atom. The molecule has 0 spiro atoms. The summed E-state index contributed by atoms with van der Waals surface area (Å²) in [6, 6.07) is 15.2. The molecule has 0 bridgehead atoms. The molecule has 0 radical (unpaired) electrons. The smallest absolute Gasteiger partial charge is 0.180 e. The van der Waals surface area contributed by atoms with Gasteiger partial charge >= 0.3 is 0 Å². The lowest BCUT2D eigenvalue weighted by molar-refractivity contribution is 1.27. The van der Waals surface area contributed by atoms with Gasteiger partial charge in [0.2, 0.25) is 0 Å². The van der Waals surface area contributed by atoms with E-state index < -0.39 is 0 Å². The highest BCUT2D eigenvalue weighted by molar-refractivity contribution is 5.86. The van der Waals surface area contributed by atoms with Crippen molar-refractivity contribution in [2.45, 2.75) is 0 Å². The molecule has 0 aliphatic carbocycles. The maximum atomic E-state index is 11.2. The van der Waals surface area contributed by atoms with Crippen molar-refractivity contribution in [3.63, 3.8) is 0 Å². The van der Waals surface area contributed by atoms with Gasteiger partial charge in [0.15, 0.2) is 5.43 Å². The maximum Gasteiger partial charge on any atom is 0.180 e. The quantitative estimate of drug-likeness (QED) is 0.540. The number of benzene rings is 1. The van der Waals surface area contributed by atoms with Gasteiger partial charge in [0.05, 0.1) is 5.52 Å². The lowest BCUT2D eigenvalue weighted by Crippen LogP contribution is -1.88. The minimum atomic E-state index is 0.0304. The van der Waals surface area contributed by atoms with E-state index in [0.717, 1.165) is 11.0 Å². The molecule has 3 aromatic rings. The molecule has 0 amide bonds. The highest BCUT2D eigenvalue weighted by Crippen LogP contribution is 2.18. The molecule has 0 N–H and O–H groups in total. The minimum Gasteiger partial charge on any atom is -0.316 e. The summed E-state index contributed by atoms with van der Waals surface area (Å²) in [6.07, 6.45) is 1.82. The Morgan fingerprint density at radius 1 is 0.933 bits per heavy atom. The van der Waals surface area contributed by atoms with Crippen LogP contribution in [0.5, 0.6) is 0 Å². The highest BCUT2D eigenvalue weighted by atomic mass is 16.1. The normalized spacial score (nSPS) is 10.9. The van der Waals surface area contributed by atoms with Gasteiger partial charge in [0.25, 0.3) is 0 Å². The van der Waals surface area contributed by atoms with Crippen molar-refractivity contribution in [2.24, 2.45) is 0 Å². The van der Waals surface area contributed by atoms with Crippen LogP contribution in [0.1, 0.15) is 0 Å². The third kappa shape index (κ3) is 1.22. The zero-order valence-corrected chi connectivity index (χ0v) is 8.05. The van der Waals surface area contributed by atoms with Crippen LogP contribution in [0, 0.1) is 0 Å². The Kier molecular flexibility index (Phi) is 1.62. The lowest BCUT2D eigenvalue weighted by atomic mass is 10.2. The van der Waals surface area contributed by atoms with Crippen LogP contribution >= 0.6 is 0 Å². The molecule has 15 heavy (non-hydrogen) atoms. The van der Waals surface area contributed by atoms with Gasteiger partial charge in [0.1, 0.15) is 0 Å². The molecule has 2 heteroatoms. The molecule has 0 aliphatic rings. The fraction of sp³-hybridized carbons (Fsp3) is 0. The molecule has 2 aromatic heterocycles. The van der Waals surface area contributed by atoms with Gasteiger partial charge in [-0.2, -0.15) is 0 Å². The van der Waals surface area contributed by atoms with Crippen molar-refractivity contribution in [3.05, 3.63) is 65.0 Å². The Labute approximate surface area is 86.4 Å². The van der Waals surface area contributed by atoms with E-state index in [1.807, 2.05) is 34.9 Å². The standard InChI is InChI=1S/C13H9NO/c15-12-6-5-11-9-10-3-1-2-4-13(10)14(11)8-7-12/h1-9H. The molecule has 3 rings (SSSR count). The summed E-state index contributed by atoms with van der Waals surface area (Å²) in [4.78, 5) is 11.2. The molecule has 0 atom stereocenters. The third-order valence-electron chi connectivity index (χ3n) is 2.58. The van der Waals surface area contributed by atoms with Gasteiger partial charge < -0.3 is 4.40 Å². The van der Waals surface area contributed by atoms with E-state index in [9.17, 15) is 4.79 Å². The number of hydrogen-bond donors (Lipinski definition) is 0. The number of hydrogen-bond acceptors (Lipinski definition) is 1. The first-order valence-corrected chi connectivity index (χ1v) is 4.85. The first-order chi connectivity index (χ1) is 7.34. The Hall–Kier alpha value is -2.09. The van der Waals surface area contributed by atoms with Crippen LogP contribution in [0.25, 0.3) is 16.4 Å². The Morgan fingerprint density at radius 3 is 2.73 bits per heavy atom. The van der Waals surface area contributed by atoms with Crippen molar-refractivity contribution in [2.75, 3.05) is 0 Å². The van der Waals surface area contributed by atoms with Gasteiger partial charge in [-0.3, -0.25) is 4.79 Å². The van der Waals surface area contributed by atoms with E-state index >= 15 is 0 Å². The van der Waals surface area contributed by atoms with Crippen LogP contribution in [0.3, 0.4) is 0 Å². The second-order valence-electron chi connectivity index (χ2n) is 3.55. The fourth-order valence-electron chi connectivity index (χ4n) is 1.86. The molecular formula is C13H9NO. The SMILES string of the molecule is O=c1ccc2cc3ccccc3n2cc1. The molecule has 0 fully saturated rings. The summed E-state index contributed by atoms with van der Waals surface area (Å²) < 4.78 is 2.02. The summed E-state index contributed by atoms with van der Waals surface area (Å²) in [7, 11) is 0. The molecule has 0 saturated carbocycles. The molecule has 72 valence electrons. The van der Waals surface area contributed by atoms with Crippen molar-refractivity contribution in [3.8, 4) is 0 Å². The number of nitrogens with zero attached hydrogens (tertiary/aromatic N) is 1. The zero-order valence-electron chi connectivity index (χ0n) is 8.05. The minimum absolute atomic E-state index is 0.0304. The first kappa shape index (κ1) is 8.24. The first-order valence-electron chi connectivity index (χ1n) is 4.85. The zero-order chi connectivity index (χ0) is 10.3. The summed E-state index contributed by atoms with van der Waals surface area (Å²) in [5, 5.41) is 1.19. The number of aromatic nitrogens is 1. The van der Waals surface area contributed by atoms with E-state index in [1.165, 1.54) is 5.39 Å². The fourth-order valence-corrected chi connectivity index (χ4v) is 1.86. The predicted molar refractivity (Wildman–Crippen MR) is 61.2 cm³/mol. The van der Waals surface area contributed by atoms with Crippen LogP contribution in [-0.2, 0) is 0 Å². The average molecular weight is 195 g/mol. The summed E-state index contributed by atoms with van der Waals surface area (Å²) in [5.41, 5.74) is 2.20. The van der Waals surface area contributed by atoms with Gasteiger partial charge in [-0.05, 0) is 24.3 Å². The number of fused-ring (bicyclic) bond motifs is 3. The van der Waals surface area contributed by atoms with Gasteiger partial charge in [0, 0.05) is 23.2 Å². The largest absolute Gasteiger partial charge is 0.316 e. The van der Waals surface area contributed by atoms with Crippen molar-refractivity contribution < 1.29 is 0 Å². The topological polar surface area (TPSA) is 21.5 Å². The van der Waals surface area contributed by atoms with E-state index in [0.29, 0.717) is 0 Å². The van der Waals surface area contributed by atoms with E-state index in [1.54, 1.807) is 12.1 Å². The van der Waals surface area contributed by atoms with Crippen LogP contribution < -0.4 is 5.43 Å². The van der Waals surface area contributed by atoms with Gasteiger partial charge in [-0.1, -0.05) is 18.2 Å². The van der Waals surface area contributed by atoms with E-state index in [4.69, 9.17) is 0 Å². The molecule has 0 aliphatic heterocycles. The van der Waals surface area contributed by atoms with Crippen LogP contribution in [-0.4, -0.2) is 4.40 Å². The highest BCUT2D eigenvalue weighted by Gasteiger charge is 1.98. The van der Waals surface area contributed by atoms with Crippen molar-refractivity contribution in [1.82, 2.24) is 4.40 Å². The Bertz CT molecular complexity index is 697. The average Bonchev–Trinajstić information content (AvgIpc) is 2.51. The third-order valence-corrected chi connectivity index (χ3v) is 2.58. The second-order valence-corrected chi connectivity index (χ2v) is 3.55. The van der Waals surface area contributed by atoms with Gasteiger partial charge in [-0.25, -0.2) is 0 Å². The second kappa shape index (κ2) is 2.95. The van der Waals surface area contributed by atoms with Crippen molar-refractivity contribution >= 4 is 16.4 Å². The lowest BCUT2D eigenvalue weighted by Gasteiger charge is -1.90. The summed E-state index contributed by atoms with van der Waals surface area (Å²) >= 11 is 0. The van der Waals surface area contributed by atoms with Crippen molar-refractivity contribution in [1.29, 1.82) is 0 Å². The monoisotopic (exact) mass is 195 g/mol. The van der Waals surface area contributed by atoms with Gasteiger partial charge in [-0.15, -0.1) is 0 Å². The number of para-hydroxylation sites is 1. The molecule has 0 unspecified atom stereocenters. The molecule has 2 nitrogen and oxygen atoms in total. The van der Waals surface area contributed by atoms with Crippen LogP contribution in [0.2, 0.25) is 0 Å². The molecule has 1 aromatic carbocycles. The van der Waals surface area contributed by atoms with E-state index in [2.05, 4.69) is 12.1 Å². The van der Waals surface area contributed by atoms with Crippen LogP contribution in [0.15, 0.2) is 59.5 Å². The molecule has 0 saturated heterocycles. The predicted octanol–water partition coefficient (Wildman–Crippen LogP) is 2.45. The van der Waals surface area contributed by atoms with Crippen LogP contribution in [0.4, 0.5) is 0 Å². The molecular weight excluding hydrogens is 186 g/mol. The molecule has 2 heterocycles. The van der Waals surface area contributed by atoms with E-state index in [-0.39, 0.29) is 5.43 Å². The summed E-state index contributed by atoms with van der Waals surface area (Å²) in [5.74, 6) is 0. The summed E-state index contributed by atoms with van der Waals surface area (Å²) in [6.45, 7) is 0.